The molecule has 0 fully saturated rings. The van der Waals surface area contributed by atoms with E-state index >= 15 is 0 Å². The van der Waals surface area contributed by atoms with Gasteiger partial charge in [0.15, 0.2) is 17.7 Å². The minimum atomic E-state index is -0.325. The molecule has 3 aromatic heterocycles. The molecule has 0 aliphatic carbocycles. The number of aromatic nitrogens is 3. The Balaban J connectivity index is 0.000000518. The van der Waals surface area contributed by atoms with E-state index < -0.39 is 0 Å². The van der Waals surface area contributed by atoms with Crippen LogP contribution in [0, 0.1) is 0 Å². The van der Waals surface area contributed by atoms with Crippen molar-refractivity contribution in [2.24, 2.45) is 0 Å². The number of carbonyl (C=O) groups is 3. The van der Waals surface area contributed by atoms with Crippen LogP contribution in [0.1, 0.15) is 20.8 Å². The number of nitrogens with zero attached hydrogens (tertiary/aromatic N) is 6. The summed E-state index contributed by atoms with van der Waals surface area (Å²) in [7, 11) is 0. The molecule has 9 nitrogen and oxygen atoms in total. The molecule has 0 unspecified atom stereocenters. The molecule has 0 spiro atoms. The van der Waals surface area contributed by atoms with Gasteiger partial charge in [-0.25, -0.2) is 0 Å². The van der Waals surface area contributed by atoms with Crippen LogP contribution in [0.4, 0.5) is 17.5 Å². The molecule has 0 aliphatic rings. The van der Waals surface area contributed by atoms with E-state index in [0.29, 0.717) is 34.2 Å². The number of rotatable bonds is 6. The van der Waals surface area contributed by atoms with E-state index in [1.54, 1.807) is 94.0 Å². The zero-order chi connectivity index (χ0) is 26.9. The average molecular weight is 539 g/mol. The second-order valence-corrected chi connectivity index (χ2v) is 7.16. The van der Waals surface area contributed by atoms with Crippen molar-refractivity contribution in [2.45, 2.75) is 20.8 Å². The Hall–Kier alpha value is -4.40. The minimum Gasteiger partial charge on any atom is -0.443 e. The first-order chi connectivity index (χ1) is 17.1. The van der Waals surface area contributed by atoms with Gasteiger partial charge in [0.1, 0.15) is 0 Å². The normalized spacial score (nSPS) is 8.84. The van der Waals surface area contributed by atoms with Crippen LogP contribution < -0.4 is 0 Å². The fourth-order valence-electron chi connectivity index (χ4n) is 1.86. The molecular weight excluding hydrogens is 512 g/mol. The first kappa shape index (κ1) is 32.6. The second kappa shape index (κ2) is 18.0. The summed E-state index contributed by atoms with van der Waals surface area (Å²) in [6.45, 7) is 15.3. The molecule has 0 N–H and O–H groups in total. The maximum absolute atomic E-state index is 11.0. The van der Waals surface area contributed by atoms with Crippen LogP contribution in [0.2, 0.25) is 0 Å². The zero-order valence-electron chi connectivity index (χ0n) is 20.8. The Labute approximate surface area is 227 Å². The molecule has 0 aromatic carbocycles. The third-order valence-corrected chi connectivity index (χ3v) is 3.69. The SMILES string of the molecule is C=C(C)C(=O)[N-]c1ccccn1.C=C(C)C(=O)[N-]c1ccccn1.C=C(C)C(=O)[N-]c1ccccn1.[Fe+3]. The quantitative estimate of drug-likeness (QED) is 0.257. The van der Waals surface area contributed by atoms with Crippen molar-refractivity contribution in [2.75, 3.05) is 0 Å². The first-order valence-electron chi connectivity index (χ1n) is 10.6. The molecule has 37 heavy (non-hydrogen) atoms. The molecule has 0 saturated heterocycles. The molecule has 3 amide bonds. The van der Waals surface area contributed by atoms with Gasteiger partial charge in [-0.15, -0.1) is 0 Å². The zero-order valence-corrected chi connectivity index (χ0v) is 21.9. The number of carbonyl (C=O) groups excluding carboxylic acids is 3. The Bertz CT molecular complexity index is 1040. The second-order valence-electron chi connectivity index (χ2n) is 7.16. The van der Waals surface area contributed by atoms with E-state index in [1.165, 1.54) is 0 Å². The molecular formula is C27H27FeN6O3. The van der Waals surface area contributed by atoms with Gasteiger partial charge in [0.2, 0.25) is 0 Å². The number of hydrogen-bond acceptors (Lipinski definition) is 6. The van der Waals surface area contributed by atoms with E-state index in [2.05, 4.69) is 50.6 Å². The summed E-state index contributed by atoms with van der Waals surface area (Å²) in [6, 6.07) is 15.6. The van der Waals surface area contributed by atoms with Gasteiger partial charge in [0.05, 0.1) is 0 Å². The molecule has 0 bridgehead atoms. The predicted octanol–water partition coefficient (Wildman–Crippen LogP) is 6.57. The Morgan fingerprint density at radius 3 is 0.946 bits per heavy atom. The molecule has 0 saturated carbocycles. The number of hydrogen-bond donors (Lipinski definition) is 0. The van der Waals surface area contributed by atoms with Gasteiger partial charge in [-0.2, -0.15) is 0 Å². The maximum Gasteiger partial charge on any atom is 3.00 e. The molecule has 3 aromatic rings. The van der Waals surface area contributed by atoms with Gasteiger partial charge in [0, 0.05) is 0 Å². The van der Waals surface area contributed by atoms with E-state index in [0.717, 1.165) is 0 Å². The van der Waals surface area contributed by atoms with Crippen molar-refractivity contribution in [3.05, 3.63) is 126 Å². The molecule has 0 atom stereocenters. The molecule has 3 heterocycles. The summed E-state index contributed by atoms with van der Waals surface area (Å²) in [5, 5.41) is 11.1. The summed E-state index contributed by atoms with van der Waals surface area (Å²) in [5.41, 5.74) is 1.25. The fourth-order valence-corrected chi connectivity index (χ4v) is 1.86. The Morgan fingerprint density at radius 2 is 0.784 bits per heavy atom. The van der Waals surface area contributed by atoms with Crippen LogP contribution in [-0.4, -0.2) is 32.7 Å². The molecule has 1 radical (unpaired) electrons. The van der Waals surface area contributed by atoms with Crippen LogP contribution in [0.15, 0.2) is 110 Å². The fraction of sp³-hybridized carbons (Fsp3) is 0.111. The minimum absolute atomic E-state index is 0. The largest absolute Gasteiger partial charge is 3.00 e. The van der Waals surface area contributed by atoms with Crippen LogP contribution in [0.3, 0.4) is 0 Å². The summed E-state index contributed by atoms with van der Waals surface area (Å²) in [4.78, 5) is 44.6. The van der Waals surface area contributed by atoms with Gasteiger partial charge in [-0.1, -0.05) is 110 Å². The van der Waals surface area contributed by atoms with Crippen molar-refractivity contribution in [1.29, 1.82) is 0 Å². The standard InChI is InChI=1S/3C9H10N2O.Fe/c3*1-7(2)9(12)11-8-5-3-4-6-10-8;/h3*3-6H,1H2,2H3,(H,10,11,12);/q;;;+3/p-3. The third kappa shape index (κ3) is 14.6. The first-order valence-corrected chi connectivity index (χ1v) is 10.6. The summed E-state index contributed by atoms with van der Waals surface area (Å²) >= 11 is 0. The maximum atomic E-state index is 11.0. The number of amides is 3. The van der Waals surface area contributed by atoms with Gasteiger partial charge in [-0.05, 0) is 37.5 Å². The van der Waals surface area contributed by atoms with Crippen LogP contribution in [0.25, 0.3) is 16.0 Å². The van der Waals surface area contributed by atoms with Crippen LogP contribution >= 0.6 is 0 Å². The van der Waals surface area contributed by atoms with E-state index in [9.17, 15) is 14.4 Å². The predicted molar refractivity (Wildman–Crippen MR) is 141 cm³/mol. The summed E-state index contributed by atoms with van der Waals surface area (Å²) in [5.74, 6) is 0.289. The molecule has 10 heteroatoms. The van der Waals surface area contributed by atoms with Crippen LogP contribution in [-0.2, 0) is 31.5 Å². The smallest absolute Gasteiger partial charge is 0.443 e. The molecule has 191 valence electrons. The van der Waals surface area contributed by atoms with Crippen molar-refractivity contribution < 1.29 is 31.5 Å². The number of pyridine rings is 3. The summed E-state index contributed by atoms with van der Waals surface area (Å²) in [6.07, 6.45) is 4.76. The summed E-state index contributed by atoms with van der Waals surface area (Å²) < 4.78 is 0. The van der Waals surface area contributed by atoms with Crippen molar-refractivity contribution in [1.82, 2.24) is 15.0 Å². The Morgan fingerprint density at radius 1 is 0.541 bits per heavy atom. The van der Waals surface area contributed by atoms with Gasteiger partial charge in [-0.3, -0.25) is 14.4 Å². The average Bonchev–Trinajstić information content (AvgIpc) is 2.86. The van der Waals surface area contributed by atoms with E-state index in [4.69, 9.17) is 0 Å². The topological polar surface area (TPSA) is 132 Å². The van der Waals surface area contributed by atoms with E-state index in [-0.39, 0.29) is 34.8 Å². The molecule has 3 rings (SSSR count). The monoisotopic (exact) mass is 539 g/mol. The van der Waals surface area contributed by atoms with Crippen molar-refractivity contribution in [3.8, 4) is 0 Å². The Kier molecular flexibility index (Phi) is 15.8. The van der Waals surface area contributed by atoms with Crippen molar-refractivity contribution in [3.63, 3.8) is 0 Å². The van der Waals surface area contributed by atoms with Gasteiger partial charge in [0.25, 0.3) is 0 Å². The van der Waals surface area contributed by atoms with Gasteiger partial charge < -0.3 is 30.9 Å². The van der Waals surface area contributed by atoms with Crippen LogP contribution in [0.5, 0.6) is 0 Å². The molecule has 0 aliphatic heterocycles. The van der Waals surface area contributed by atoms with E-state index in [1.807, 2.05) is 0 Å². The van der Waals surface area contributed by atoms with Gasteiger partial charge >= 0.3 is 17.1 Å². The van der Waals surface area contributed by atoms with Crippen molar-refractivity contribution >= 4 is 35.2 Å². The third-order valence-electron chi connectivity index (χ3n) is 3.69.